The number of fused-ring (bicyclic) bond motifs is 1. The van der Waals surface area contributed by atoms with Gasteiger partial charge in [0.05, 0.1) is 18.2 Å². The highest BCUT2D eigenvalue weighted by molar-refractivity contribution is 5.85. The third-order valence-electron chi connectivity index (χ3n) is 5.88. The van der Waals surface area contributed by atoms with Crippen LogP contribution >= 0.6 is 24.8 Å². The van der Waals surface area contributed by atoms with Crippen LogP contribution in [0.25, 0.3) is 5.65 Å². The van der Waals surface area contributed by atoms with Crippen molar-refractivity contribution in [1.82, 2.24) is 19.6 Å². The van der Waals surface area contributed by atoms with Crippen molar-refractivity contribution >= 4 is 36.4 Å². The predicted octanol–water partition coefficient (Wildman–Crippen LogP) is 1.99. The van der Waals surface area contributed by atoms with Crippen LogP contribution < -0.4 is 5.32 Å². The molecular formula is C19H28Cl2N4O2. The predicted molar refractivity (Wildman–Crippen MR) is 110 cm³/mol. The van der Waals surface area contributed by atoms with Crippen LogP contribution in [-0.4, -0.2) is 57.6 Å². The molecule has 150 valence electrons. The second kappa shape index (κ2) is 8.78. The Morgan fingerprint density at radius 3 is 3.04 bits per heavy atom. The van der Waals surface area contributed by atoms with Gasteiger partial charge in [-0.3, -0.25) is 4.79 Å². The average Bonchev–Trinajstić information content (AvgIpc) is 3.02. The van der Waals surface area contributed by atoms with E-state index in [9.17, 15) is 9.90 Å². The highest BCUT2D eigenvalue weighted by Gasteiger charge is 2.44. The van der Waals surface area contributed by atoms with Crippen LogP contribution in [0.1, 0.15) is 30.5 Å². The first-order valence-electron chi connectivity index (χ1n) is 9.17. The number of carbonyl (C=O) groups is 1. The molecule has 0 unspecified atom stereocenters. The standard InChI is InChI=1S/C19H26N4O2.2ClH/c1-14-4-2-9-23-15(11-21-18(14)23)10-17(25)22-8-3-6-19(13-22)12-20-7-5-16(19)24;;/h2,4,9,11,16,20,24H,3,5-8,10,12-13H2,1H3;2*1H/t16-,19-;;/m0../s1. The minimum absolute atomic E-state index is 0. The van der Waals surface area contributed by atoms with Gasteiger partial charge in [-0.25, -0.2) is 4.98 Å². The number of nitrogens with one attached hydrogen (secondary N) is 1. The lowest BCUT2D eigenvalue weighted by atomic mass is 9.72. The van der Waals surface area contributed by atoms with Crippen LogP contribution in [0.3, 0.4) is 0 Å². The molecule has 2 aromatic heterocycles. The number of likely N-dealkylation sites (tertiary alicyclic amines) is 1. The summed E-state index contributed by atoms with van der Waals surface area (Å²) >= 11 is 0. The van der Waals surface area contributed by atoms with E-state index in [2.05, 4.69) is 10.3 Å². The molecule has 2 atom stereocenters. The van der Waals surface area contributed by atoms with Gasteiger partial charge in [-0.15, -0.1) is 24.8 Å². The van der Waals surface area contributed by atoms with E-state index in [1.807, 2.05) is 34.6 Å². The van der Waals surface area contributed by atoms with Gasteiger partial charge >= 0.3 is 0 Å². The number of amides is 1. The Morgan fingerprint density at radius 1 is 1.44 bits per heavy atom. The van der Waals surface area contributed by atoms with Gasteiger partial charge in [0, 0.05) is 37.4 Å². The number of halogens is 2. The third-order valence-corrected chi connectivity index (χ3v) is 5.88. The fourth-order valence-electron chi connectivity index (χ4n) is 4.39. The maximum Gasteiger partial charge on any atom is 0.228 e. The Morgan fingerprint density at radius 2 is 2.26 bits per heavy atom. The second-order valence-electron chi connectivity index (χ2n) is 7.57. The molecule has 2 N–H and O–H groups in total. The van der Waals surface area contributed by atoms with Gasteiger partial charge in [-0.05, 0) is 44.4 Å². The van der Waals surface area contributed by atoms with E-state index in [4.69, 9.17) is 0 Å². The lowest BCUT2D eigenvalue weighted by molar-refractivity contribution is -0.137. The summed E-state index contributed by atoms with van der Waals surface area (Å²) in [5.74, 6) is 0.125. The largest absolute Gasteiger partial charge is 0.392 e. The molecule has 0 aliphatic carbocycles. The van der Waals surface area contributed by atoms with E-state index >= 15 is 0 Å². The molecule has 2 fully saturated rings. The van der Waals surface area contributed by atoms with E-state index in [-0.39, 0.29) is 42.2 Å². The normalized spacial score (nSPS) is 25.1. The van der Waals surface area contributed by atoms with Crippen LogP contribution in [-0.2, 0) is 11.2 Å². The first-order valence-corrected chi connectivity index (χ1v) is 9.17. The number of aliphatic hydroxyl groups is 1. The number of nitrogens with zero attached hydrogens (tertiary/aromatic N) is 3. The minimum Gasteiger partial charge on any atom is -0.392 e. The van der Waals surface area contributed by atoms with Crippen molar-refractivity contribution in [3.05, 3.63) is 35.8 Å². The molecule has 1 spiro atoms. The van der Waals surface area contributed by atoms with E-state index in [0.29, 0.717) is 13.0 Å². The molecule has 2 aliphatic rings. The van der Waals surface area contributed by atoms with Gasteiger partial charge in [0.1, 0.15) is 5.65 Å². The number of rotatable bonds is 2. The fraction of sp³-hybridized carbons (Fsp3) is 0.579. The van der Waals surface area contributed by atoms with Crippen LogP contribution in [0.5, 0.6) is 0 Å². The van der Waals surface area contributed by atoms with E-state index in [1.165, 1.54) is 0 Å². The molecule has 8 heteroatoms. The summed E-state index contributed by atoms with van der Waals surface area (Å²) in [7, 11) is 0. The van der Waals surface area contributed by atoms with Crippen molar-refractivity contribution in [3.8, 4) is 0 Å². The fourth-order valence-corrected chi connectivity index (χ4v) is 4.39. The van der Waals surface area contributed by atoms with Crippen molar-refractivity contribution < 1.29 is 9.90 Å². The highest BCUT2D eigenvalue weighted by Crippen LogP contribution is 2.36. The maximum atomic E-state index is 12.9. The summed E-state index contributed by atoms with van der Waals surface area (Å²) in [5.41, 5.74) is 2.76. The smallest absolute Gasteiger partial charge is 0.228 e. The average molecular weight is 415 g/mol. The molecular weight excluding hydrogens is 387 g/mol. The molecule has 6 nitrogen and oxygen atoms in total. The number of aliphatic hydroxyl groups excluding tert-OH is 1. The Bertz CT molecular complexity index is 793. The van der Waals surface area contributed by atoms with Crippen molar-refractivity contribution in [2.24, 2.45) is 5.41 Å². The number of aromatic nitrogens is 2. The van der Waals surface area contributed by atoms with Crippen LogP contribution in [0.4, 0.5) is 0 Å². The second-order valence-corrected chi connectivity index (χ2v) is 7.57. The van der Waals surface area contributed by atoms with Crippen LogP contribution in [0.15, 0.2) is 24.5 Å². The molecule has 1 amide bonds. The summed E-state index contributed by atoms with van der Waals surface area (Å²) in [6, 6.07) is 4.01. The quantitative estimate of drug-likeness (QED) is 0.787. The van der Waals surface area contributed by atoms with E-state index in [0.717, 1.165) is 55.8 Å². The minimum atomic E-state index is -0.317. The third kappa shape index (κ3) is 4.09. The van der Waals surface area contributed by atoms with E-state index < -0.39 is 0 Å². The number of imidazole rings is 1. The molecule has 4 heterocycles. The molecule has 0 bridgehead atoms. The summed E-state index contributed by atoms with van der Waals surface area (Å²) in [5, 5.41) is 13.9. The Labute approximate surface area is 172 Å². The van der Waals surface area contributed by atoms with Gasteiger partial charge < -0.3 is 19.7 Å². The van der Waals surface area contributed by atoms with Gasteiger partial charge in [-0.1, -0.05) is 6.07 Å². The molecule has 2 saturated heterocycles. The topological polar surface area (TPSA) is 69.9 Å². The van der Waals surface area contributed by atoms with Gasteiger partial charge in [0.15, 0.2) is 0 Å². The summed E-state index contributed by atoms with van der Waals surface area (Å²) < 4.78 is 2.00. The molecule has 0 aromatic carbocycles. The van der Waals surface area contributed by atoms with Crippen LogP contribution in [0.2, 0.25) is 0 Å². The SMILES string of the molecule is Cc1cccn2c(CC(=O)N3CCC[C@]4(CNCC[C@@H]4O)C3)cnc12.Cl.Cl. The Balaban J connectivity index is 0.00000131. The first-order chi connectivity index (χ1) is 12.1. The van der Waals surface area contributed by atoms with Crippen molar-refractivity contribution in [3.63, 3.8) is 0 Å². The molecule has 4 rings (SSSR count). The zero-order valence-corrected chi connectivity index (χ0v) is 17.2. The van der Waals surface area contributed by atoms with Gasteiger partial charge in [-0.2, -0.15) is 0 Å². The van der Waals surface area contributed by atoms with Gasteiger partial charge in [0.25, 0.3) is 0 Å². The summed E-state index contributed by atoms with van der Waals surface area (Å²) in [4.78, 5) is 19.3. The van der Waals surface area contributed by atoms with Crippen molar-refractivity contribution in [2.45, 2.75) is 38.7 Å². The van der Waals surface area contributed by atoms with Crippen LogP contribution in [0, 0.1) is 12.3 Å². The zero-order valence-electron chi connectivity index (χ0n) is 15.6. The molecule has 0 saturated carbocycles. The number of pyridine rings is 1. The van der Waals surface area contributed by atoms with Crippen molar-refractivity contribution in [1.29, 1.82) is 0 Å². The number of aryl methyl sites for hydroxylation is 1. The molecule has 27 heavy (non-hydrogen) atoms. The Kier molecular flexibility index (Phi) is 7.14. The number of hydrogen-bond donors (Lipinski definition) is 2. The van der Waals surface area contributed by atoms with Gasteiger partial charge in [0.2, 0.25) is 5.91 Å². The summed E-state index contributed by atoms with van der Waals surface area (Å²) in [6.07, 6.45) is 6.51. The van der Waals surface area contributed by atoms with E-state index in [1.54, 1.807) is 6.20 Å². The molecule has 2 aliphatic heterocycles. The van der Waals surface area contributed by atoms with Crippen molar-refractivity contribution in [2.75, 3.05) is 26.2 Å². The lowest BCUT2D eigenvalue weighted by Gasteiger charge is -2.48. The lowest BCUT2D eigenvalue weighted by Crippen LogP contribution is -2.59. The molecule has 2 aromatic rings. The maximum absolute atomic E-state index is 12.9. The molecule has 0 radical (unpaired) electrons. The summed E-state index contributed by atoms with van der Waals surface area (Å²) in [6.45, 7) is 5.11. The zero-order chi connectivity index (χ0) is 17.4. The monoisotopic (exact) mass is 414 g/mol. The Hall–Kier alpha value is -1.34. The number of hydrogen-bond acceptors (Lipinski definition) is 4. The number of carbonyl (C=O) groups excluding carboxylic acids is 1. The first kappa shape index (κ1) is 22.0. The number of piperidine rings is 2. The highest BCUT2D eigenvalue weighted by atomic mass is 35.5.